The lowest BCUT2D eigenvalue weighted by molar-refractivity contribution is -0.137. The zero-order valence-corrected chi connectivity index (χ0v) is 9.99. The van der Waals surface area contributed by atoms with Gasteiger partial charge in [-0.1, -0.05) is 0 Å². The molecule has 1 unspecified atom stereocenters. The molecule has 1 aliphatic heterocycles. The fourth-order valence-electron chi connectivity index (χ4n) is 1.95. The molecule has 1 amide bonds. The largest absolute Gasteiger partial charge is 0.389 e. The van der Waals surface area contributed by atoms with Gasteiger partial charge in [0.1, 0.15) is 0 Å². The van der Waals surface area contributed by atoms with Gasteiger partial charge in [0.15, 0.2) is 0 Å². The van der Waals surface area contributed by atoms with Gasteiger partial charge in [-0.05, 0) is 32.7 Å². The monoisotopic (exact) mass is 252 g/mol. The maximum absolute atomic E-state index is 11.9. The van der Waals surface area contributed by atoms with Crippen LogP contribution in [0.5, 0.6) is 0 Å². The van der Waals surface area contributed by atoms with E-state index < -0.39 is 18.0 Å². The van der Waals surface area contributed by atoms with Crippen LogP contribution in [0, 0.1) is 5.41 Å². The van der Waals surface area contributed by atoms with E-state index in [9.17, 15) is 18.0 Å². The number of piperidine rings is 1. The van der Waals surface area contributed by atoms with Crippen molar-refractivity contribution >= 4 is 5.91 Å². The molecular weight excluding hydrogens is 233 g/mol. The van der Waals surface area contributed by atoms with Gasteiger partial charge in [0.25, 0.3) is 0 Å². The molecule has 17 heavy (non-hydrogen) atoms. The molecular formula is C11H19F3N2O. The second-order valence-electron chi connectivity index (χ2n) is 4.82. The third kappa shape index (κ3) is 4.93. The highest BCUT2D eigenvalue weighted by atomic mass is 19.4. The van der Waals surface area contributed by atoms with Gasteiger partial charge in [-0.3, -0.25) is 4.79 Å². The molecule has 1 fully saturated rings. The van der Waals surface area contributed by atoms with Crippen LogP contribution in [0.2, 0.25) is 0 Å². The lowest BCUT2D eigenvalue weighted by Crippen LogP contribution is -2.48. The summed E-state index contributed by atoms with van der Waals surface area (Å²) < 4.78 is 35.7. The Morgan fingerprint density at radius 1 is 1.47 bits per heavy atom. The molecule has 0 aromatic heterocycles. The maximum atomic E-state index is 11.9. The minimum atomic E-state index is -4.14. The quantitative estimate of drug-likeness (QED) is 0.749. The Balaban J connectivity index is 2.24. The summed E-state index contributed by atoms with van der Waals surface area (Å²) in [6.07, 6.45) is -3.33. The third-order valence-corrected chi connectivity index (χ3v) is 3.07. The van der Waals surface area contributed by atoms with E-state index in [2.05, 4.69) is 10.6 Å². The third-order valence-electron chi connectivity index (χ3n) is 3.07. The fraction of sp³-hybridized carbons (Fsp3) is 0.909. The van der Waals surface area contributed by atoms with Crippen LogP contribution in [-0.4, -0.2) is 31.7 Å². The van der Waals surface area contributed by atoms with Gasteiger partial charge in [-0.25, -0.2) is 0 Å². The number of rotatable bonds is 4. The number of carbonyl (C=O) groups is 1. The van der Waals surface area contributed by atoms with E-state index in [1.165, 1.54) is 0 Å². The summed E-state index contributed by atoms with van der Waals surface area (Å²) in [5.41, 5.74) is -0.476. The summed E-state index contributed by atoms with van der Waals surface area (Å²) in [7, 11) is 0. The zero-order valence-electron chi connectivity index (χ0n) is 9.99. The van der Waals surface area contributed by atoms with Crippen molar-refractivity contribution in [2.45, 2.75) is 38.8 Å². The minimum Gasteiger partial charge on any atom is -0.356 e. The van der Waals surface area contributed by atoms with Gasteiger partial charge in [-0.15, -0.1) is 0 Å². The normalized spacial score (nSPS) is 25.6. The van der Waals surface area contributed by atoms with Crippen LogP contribution in [0.15, 0.2) is 0 Å². The summed E-state index contributed by atoms with van der Waals surface area (Å²) in [5.74, 6) is -0.146. The lowest BCUT2D eigenvalue weighted by Gasteiger charge is -2.32. The van der Waals surface area contributed by atoms with E-state index in [0.29, 0.717) is 6.54 Å². The summed E-state index contributed by atoms with van der Waals surface area (Å²) in [5, 5.41) is 5.72. The number of nitrogens with one attached hydrogen (secondary N) is 2. The van der Waals surface area contributed by atoms with Gasteiger partial charge in [0.05, 0.1) is 5.41 Å². The molecule has 1 saturated heterocycles. The predicted molar refractivity (Wildman–Crippen MR) is 58.5 cm³/mol. The predicted octanol–water partition coefficient (Wildman–Crippen LogP) is 1.83. The minimum absolute atomic E-state index is 0.0568. The van der Waals surface area contributed by atoms with Crippen molar-refractivity contribution in [3.8, 4) is 0 Å². The van der Waals surface area contributed by atoms with E-state index in [4.69, 9.17) is 0 Å². The molecule has 1 rings (SSSR count). The summed E-state index contributed by atoms with van der Waals surface area (Å²) in [4.78, 5) is 11.8. The number of halogens is 3. The summed E-state index contributed by atoms with van der Waals surface area (Å²) in [6.45, 7) is 3.43. The Labute approximate surface area is 99.1 Å². The van der Waals surface area contributed by atoms with Gasteiger partial charge in [-0.2, -0.15) is 13.2 Å². The van der Waals surface area contributed by atoms with Crippen LogP contribution in [0.1, 0.15) is 32.6 Å². The van der Waals surface area contributed by atoms with Crippen LogP contribution in [0.3, 0.4) is 0 Å². The first-order chi connectivity index (χ1) is 7.83. The van der Waals surface area contributed by atoms with Gasteiger partial charge >= 0.3 is 6.18 Å². The zero-order chi connectivity index (χ0) is 12.9. The van der Waals surface area contributed by atoms with Crippen molar-refractivity contribution in [2.75, 3.05) is 19.6 Å². The first kappa shape index (κ1) is 14.3. The Hall–Kier alpha value is -0.780. The second kappa shape index (κ2) is 5.71. The first-order valence-corrected chi connectivity index (χ1v) is 5.89. The molecule has 0 aromatic rings. The molecule has 1 heterocycles. The molecule has 0 aromatic carbocycles. The second-order valence-corrected chi connectivity index (χ2v) is 4.82. The van der Waals surface area contributed by atoms with Gasteiger partial charge < -0.3 is 10.6 Å². The van der Waals surface area contributed by atoms with Gasteiger partial charge in [0.2, 0.25) is 5.91 Å². The van der Waals surface area contributed by atoms with E-state index in [1.54, 1.807) is 0 Å². The molecule has 1 atom stereocenters. The fourth-order valence-corrected chi connectivity index (χ4v) is 1.95. The van der Waals surface area contributed by atoms with Crippen LogP contribution in [-0.2, 0) is 4.79 Å². The lowest BCUT2D eigenvalue weighted by atomic mass is 9.82. The highest BCUT2D eigenvalue weighted by Gasteiger charge is 2.34. The molecule has 0 radical (unpaired) electrons. The molecule has 0 spiro atoms. The average molecular weight is 252 g/mol. The summed E-state index contributed by atoms with van der Waals surface area (Å²) in [6, 6.07) is 0. The molecule has 6 heteroatoms. The standard InChI is InChI=1S/C11H19F3N2O/c1-10(4-2-6-15-8-10)9(17)16-7-3-5-11(12,13)14/h15H,2-8H2,1H3,(H,16,17). The van der Waals surface area contributed by atoms with E-state index in [0.717, 1.165) is 19.4 Å². The molecule has 0 aliphatic carbocycles. The average Bonchev–Trinajstić information content (AvgIpc) is 2.24. The van der Waals surface area contributed by atoms with Crippen molar-refractivity contribution in [3.05, 3.63) is 0 Å². The number of carbonyl (C=O) groups excluding carboxylic acids is 1. The van der Waals surface area contributed by atoms with Crippen LogP contribution >= 0.6 is 0 Å². The topological polar surface area (TPSA) is 41.1 Å². The molecule has 0 bridgehead atoms. The van der Waals surface area contributed by atoms with Crippen LogP contribution in [0.25, 0.3) is 0 Å². The van der Waals surface area contributed by atoms with Crippen molar-refractivity contribution < 1.29 is 18.0 Å². The van der Waals surface area contributed by atoms with Crippen LogP contribution < -0.4 is 10.6 Å². The molecule has 0 saturated carbocycles. The SMILES string of the molecule is CC1(C(=O)NCCCC(F)(F)F)CCCNC1. The van der Waals surface area contributed by atoms with E-state index in [-0.39, 0.29) is 18.9 Å². The number of hydrogen-bond donors (Lipinski definition) is 2. The van der Waals surface area contributed by atoms with Crippen molar-refractivity contribution in [1.82, 2.24) is 10.6 Å². The summed E-state index contributed by atoms with van der Waals surface area (Å²) >= 11 is 0. The van der Waals surface area contributed by atoms with Crippen molar-refractivity contribution in [1.29, 1.82) is 0 Å². The molecule has 2 N–H and O–H groups in total. The highest BCUT2D eigenvalue weighted by molar-refractivity contribution is 5.82. The first-order valence-electron chi connectivity index (χ1n) is 5.89. The van der Waals surface area contributed by atoms with Crippen molar-refractivity contribution in [2.24, 2.45) is 5.41 Å². The Bertz CT molecular complexity index is 260. The Kier molecular flexibility index (Phi) is 4.80. The maximum Gasteiger partial charge on any atom is 0.389 e. The number of amides is 1. The number of hydrogen-bond acceptors (Lipinski definition) is 2. The molecule has 3 nitrogen and oxygen atoms in total. The van der Waals surface area contributed by atoms with E-state index in [1.807, 2.05) is 6.92 Å². The van der Waals surface area contributed by atoms with E-state index >= 15 is 0 Å². The van der Waals surface area contributed by atoms with Crippen molar-refractivity contribution in [3.63, 3.8) is 0 Å². The number of alkyl halides is 3. The molecule has 100 valence electrons. The Morgan fingerprint density at radius 3 is 2.71 bits per heavy atom. The molecule has 1 aliphatic rings. The Morgan fingerprint density at radius 2 is 2.18 bits per heavy atom. The van der Waals surface area contributed by atoms with Crippen LogP contribution in [0.4, 0.5) is 13.2 Å². The highest BCUT2D eigenvalue weighted by Crippen LogP contribution is 2.25. The smallest absolute Gasteiger partial charge is 0.356 e. The van der Waals surface area contributed by atoms with Gasteiger partial charge in [0, 0.05) is 19.5 Å².